The second kappa shape index (κ2) is 6.86. The van der Waals surface area contributed by atoms with Gasteiger partial charge >= 0.3 is 0 Å². The number of thiophene rings is 1. The van der Waals surface area contributed by atoms with Gasteiger partial charge in [-0.3, -0.25) is 0 Å². The van der Waals surface area contributed by atoms with Gasteiger partial charge in [0.05, 0.1) is 0 Å². The summed E-state index contributed by atoms with van der Waals surface area (Å²) < 4.78 is 13.5. The van der Waals surface area contributed by atoms with E-state index < -0.39 is 0 Å². The molecule has 1 heterocycles. The van der Waals surface area contributed by atoms with Crippen molar-refractivity contribution in [3.05, 3.63) is 52.0 Å². The fraction of sp³-hybridized carbons (Fsp3) is 0.375. The molecule has 0 radical (unpaired) electrons. The lowest BCUT2D eigenvalue weighted by Crippen LogP contribution is -2.24. The summed E-state index contributed by atoms with van der Waals surface area (Å²) in [5.41, 5.74) is 2.09. The molecule has 2 aromatic rings. The summed E-state index contributed by atoms with van der Waals surface area (Å²) in [6.07, 6.45) is 1.01. The van der Waals surface area contributed by atoms with Crippen LogP contribution < -0.4 is 10.2 Å². The van der Waals surface area contributed by atoms with Gasteiger partial charge in [0, 0.05) is 30.2 Å². The molecule has 0 bridgehead atoms. The van der Waals surface area contributed by atoms with E-state index in [1.54, 1.807) is 17.4 Å². The maximum atomic E-state index is 13.5. The zero-order chi connectivity index (χ0) is 14.5. The second-order valence-corrected chi connectivity index (χ2v) is 6.00. The molecular weight excluding hydrogens is 271 g/mol. The maximum absolute atomic E-state index is 13.5. The van der Waals surface area contributed by atoms with Crippen LogP contribution in [0, 0.1) is 5.82 Å². The molecule has 1 N–H and O–H groups in total. The number of likely N-dealkylation sites (N-methyl/N-ethyl adjacent to an activating group) is 1. The van der Waals surface area contributed by atoms with E-state index in [-0.39, 0.29) is 11.9 Å². The second-order valence-electron chi connectivity index (χ2n) is 4.96. The van der Waals surface area contributed by atoms with Crippen molar-refractivity contribution in [3.8, 4) is 0 Å². The van der Waals surface area contributed by atoms with E-state index in [1.165, 1.54) is 10.9 Å². The number of hydrogen-bond acceptors (Lipinski definition) is 3. The number of anilines is 1. The molecular formula is C16H21FN2S. The van der Waals surface area contributed by atoms with E-state index in [0.29, 0.717) is 0 Å². The van der Waals surface area contributed by atoms with E-state index >= 15 is 0 Å². The third kappa shape index (κ3) is 3.58. The Labute approximate surface area is 124 Å². The Morgan fingerprint density at radius 2 is 2.15 bits per heavy atom. The standard InChI is InChI=1S/C16H21FN2S/c1-12(18-2)15-11-13(17)6-7-16(15)19(3)9-8-14-5-4-10-20-14/h4-7,10-12,18H,8-9H2,1-3H3. The van der Waals surface area contributed by atoms with E-state index in [2.05, 4.69) is 34.8 Å². The monoisotopic (exact) mass is 292 g/mol. The average Bonchev–Trinajstić information content (AvgIpc) is 2.97. The molecule has 0 aliphatic carbocycles. The minimum atomic E-state index is -0.183. The highest BCUT2D eigenvalue weighted by Crippen LogP contribution is 2.26. The Kier molecular flexibility index (Phi) is 5.15. The predicted molar refractivity (Wildman–Crippen MR) is 85.2 cm³/mol. The van der Waals surface area contributed by atoms with Crippen LogP contribution in [0.25, 0.3) is 0 Å². The van der Waals surface area contributed by atoms with Crippen molar-refractivity contribution in [2.24, 2.45) is 0 Å². The summed E-state index contributed by atoms with van der Waals surface area (Å²) in [7, 11) is 3.96. The zero-order valence-corrected chi connectivity index (χ0v) is 13.0. The van der Waals surface area contributed by atoms with Gasteiger partial charge in [-0.2, -0.15) is 0 Å². The summed E-state index contributed by atoms with van der Waals surface area (Å²) in [5, 5.41) is 5.28. The van der Waals surface area contributed by atoms with Gasteiger partial charge in [0.1, 0.15) is 5.82 Å². The lowest BCUT2D eigenvalue weighted by molar-refractivity contribution is 0.607. The van der Waals surface area contributed by atoms with Crippen LogP contribution in [0.1, 0.15) is 23.4 Å². The van der Waals surface area contributed by atoms with Gasteiger partial charge in [-0.15, -0.1) is 11.3 Å². The largest absolute Gasteiger partial charge is 0.374 e. The molecule has 1 atom stereocenters. The van der Waals surface area contributed by atoms with E-state index in [0.717, 1.165) is 24.2 Å². The normalized spacial score (nSPS) is 12.4. The van der Waals surface area contributed by atoms with Crippen molar-refractivity contribution in [3.63, 3.8) is 0 Å². The summed E-state index contributed by atoms with van der Waals surface area (Å²) >= 11 is 1.78. The topological polar surface area (TPSA) is 15.3 Å². The van der Waals surface area contributed by atoms with Gasteiger partial charge in [-0.25, -0.2) is 4.39 Å². The van der Waals surface area contributed by atoms with Crippen molar-refractivity contribution in [1.82, 2.24) is 5.32 Å². The van der Waals surface area contributed by atoms with Gasteiger partial charge < -0.3 is 10.2 Å². The van der Waals surface area contributed by atoms with Crippen molar-refractivity contribution < 1.29 is 4.39 Å². The Morgan fingerprint density at radius 1 is 1.35 bits per heavy atom. The fourth-order valence-corrected chi connectivity index (χ4v) is 2.93. The summed E-state index contributed by atoms with van der Waals surface area (Å²) in [6, 6.07) is 9.38. The van der Waals surface area contributed by atoms with Crippen LogP contribution in [0.3, 0.4) is 0 Å². The first-order chi connectivity index (χ1) is 9.61. The van der Waals surface area contributed by atoms with Crippen LogP contribution in [0.15, 0.2) is 35.7 Å². The molecule has 1 aromatic carbocycles. The highest BCUT2D eigenvalue weighted by molar-refractivity contribution is 7.09. The van der Waals surface area contributed by atoms with Crippen LogP contribution in [0.5, 0.6) is 0 Å². The number of rotatable bonds is 6. The Bertz CT molecular complexity index is 539. The van der Waals surface area contributed by atoms with Gasteiger partial charge in [0.15, 0.2) is 0 Å². The Balaban J connectivity index is 2.14. The van der Waals surface area contributed by atoms with Crippen molar-refractivity contribution in [2.45, 2.75) is 19.4 Å². The third-order valence-electron chi connectivity index (χ3n) is 3.57. The SMILES string of the molecule is CNC(C)c1cc(F)ccc1N(C)CCc1cccs1. The molecule has 2 rings (SSSR count). The molecule has 108 valence electrons. The minimum absolute atomic E-state index is 0.130. The van der Waals surface area contributed by atoms with Crippen molar-refractivity contribution >= 4 is 17.0 Å². The van der Waals surface area contributed by atoms with Crippen LogP contribution in [-0.2, 0) is 6.42 Å². The highest BCUT2D eigenvalue weighted by atomic mass is 32.1. The number of nitrogens with zero attached hydrogens (tertiary/aromatic N) is 1. The molecule has 0 saturated carbocycles. The predicted octanol–water partition coefficient (Wildman–Crippen LogP) is 3.85. The van der Waals surface area contributed by atoms with Crippen LogP contribution >= 0.6 is 11.3 Å². The Morgan fingerprint density at radius 3 is 2.80 bits per heavy atom. The van der Waals surface area contributed by atoms with E-state index in [1.807, 2.05) is 20.0 Å². The zero-order valence-electron chi connectivity index (χ0n) is 12.2. The molecule has 0 saturated heterocycles. The van der Waals surface area contributed by atoms with Crippen LogP contribution in [0.2, 0.25) is 0 Å². The van der Waals surface area contributed by atoms with Gasteiger partial charge in [-0.05, 0) is 55.6 Å². The molecule has 1 aromatic heterocycles. The molecule has 1 unspecified atom stereocenters. The van der Waals surface area contributed by atoms with Crippen molar-refractivity contribution in [1.29, 1.82) is 0 Å². The molecule has 2 nitrogen and oxygen atoms in total. The highest BCUT2D eigenvalue weighted by Gasteiger charge is 2.13. The lowest BCUT2D eigenvalue weighted by atomic mass is 10.0. The third-order valence-corrected chi connectivity index (χ3v) is 4.51. The number of halogens is 1. The molecule has 0 aliphatic rings. The van der Waals surface area contributed by atoms with E-state index in [4.69, 9.17) is 0 Å². The molecule has 4 heteroatoms. The quantitative estimate of drug-likeness (QED) is 0.870. The summed E-state index contributed by atoms with van der Waals surface area (Å²) in [4.78, 5) is 3.57. The number of benzene rings is 1. The van der Waals surface area contributed by atoms with Crippen molar-refractivity contribution in [2.75, 3.05) is 25.5 Å². The fourth-order valence-electron chi connectivity index (χ4n) is 2.23. The molecule has 0 fully saturated rings. The minimum Gasteiger partial charge on any atom is -0.374 e. The first-order valence-corrected chi connectivity index (χ1v) is 7.70. The Hall–Kier alpha value is -1.39. The van der Waals surface area contributed by atoms with Crippen LogP contribution in [0.4, 0.5) is 10.1 Å². The first-order valence-electron chi connectivity index (χ1n) is 6.82. The van der Waals surface area contributed by atoms with Crippen LogP contribution in [-0.4, -0.2) is 20.6 Å². The summed E-state index contributed by atoms with van der Waals surface area (Å²) in [5.74, 6) is -0.183. The van der Waals surface area contributed by atoms with Gasteiger partial charge in [-0.1, -0.05) is 6.07 Å². The van der Waals surface area contributed by atoms with Gasteiger partial charge in [0.2, 0.25) is 0 Å². The van der Waals surface area contributed by atoms with Gasteiger partial charge in [0.25, 0.3) is 0 Å². The lowest BCUT2D eigenvalue weighted by Gasteiger charge is -2.25. The molecule has 20 heavy (non-hydrogen) atoms. The number of nitrogens with one attached hydrogen (secondary N) is 1. The summed E-state index contributed by atoms with van der Waals surface area (Å²) in [6.45, 7) is 2.97. The molecule has 0 amide bonds. The number of hydrogen-bond donors (Lipinski definition) is 1. The molecule has 0 aliphatic heterocycles. The first kappa shape index (κ1) is 15.0. The molecule has 0 spiro atoms. The average molecular weight is 292 g/mol. The maximum Gasteiger partial charge on any atom is 0.123 e. The van der Waals surface area contributed by atoms with E-state index in [9.17, 15) is 4.39 Å². The smallest absolute Gasteiger partial charge is 0.123 e.